The maximum absolute atomic E-state index is 14.2. The molecule has 0 aliphatic heterocycles. The van der Waals surface area contributed by atoms with E-state index in [1.165, 1.54) is 9.58 Å². The van der Waals surface area contributed by atoms with Crippen molar-refractivity contribution in [2.24, 2.45) is 0 Å². The van der Waals surface area contributed by atoms with E-state index in [9.17, 15) is 9.59 Å². The molecule has 9 nitrogen and oxygen atoms in total. The van der Waals surface area contributed by atoms with E-state index < -0.39 is 6.04 Å². The van der Waals surface area contributed by atoms with Gasteiger partial charge < -0.3 is 14.8 Å². The molecule has 0 radical (unpaired) electrons. The van der Waals surface area contributed by atoms with Gasteiger partial charge in [0.1, 0.15) is 29.6 Å². The van der Waals surface area contributed by atoms with Gasteiger partial charge >= 0.3 is 0 Å². The second-order valence-corrected chi connectivity index (χ2v) is 9.08. The molecule has 0 saturated heterocycles. The van der Waals surface area contributed by atoms with E-state index in [-0.39, 0.29) is 18.4 Å². The Labute approximate surface area is 231 Å². The summed E-state index contributed by atoms with van der Waals surface area (Å²) in [4.78, 5) is 29.6. The molecule has 40 heavy (non-hydrogen) atoms. The van der Waals surface area contributed by atoms with Crippen molar-refractivity contribution in [3.8, 4) is 11.5 Å². The molecule has 1 N–H and O–H groups in total. The second-order valence-electron chi connectivity index (χ2n) is 9.08. The Hall–Kier alpha value is -5.18. The Morgan fingerprint density at radius 2 is 1.57 bits per heavy atom. The van der Waals surface area contributed by atoms with Crippen molar-refractivity contribution in [3.63, 3.8) is 0 Å². The molecule has 0 spiro atoms. The number of methoxy groups -OCH3 is 2. The summed E-state index contributed by atoms with van der Waals surface area (Å²) in [5.41, 5.74) is 3.46. The van der Waals surface area contributed by atoms with E-state index in [2.05, 4.69) is 15.6 Å². The highest BCUT2D eigenvalue weighted by Crippen LogP contribution is 2.32. The van der Waals surface area contributed by atoms with Crippen LogP contribution in [0.2, 0.25) is 0 Å². The molecular formula is C31H29N5O4. The average molecular weight is 536 g/mol. The van der Waals surface area contributed by atoms with Crippen LogP contribution in [-0.2, 0) is 22.7 Å². The first-order chi connectivity index (χ1) is 19.6. The molecule has 5 aromatic rings. The zero-order valence-electron chi connectivity index (χ0n) is 22.2. The third-order valence-corrected chi connectivity index (χ3v) is 6.55. The molecule has 2 amide bonds. The van der Waals surface area contributed by atoms with Crippen molar-refractivity contribution in [2.45, 2.75) is 19.1 Å². The Morgan fingerprint density at radius 3 is 2.33 bits per heavy atom. The summed E-state index contributed by atoms with van der Waals surface area (Å²) in [5, 5.41) is 11.4. The molecule has 1 atom stereocenters. The van der Waals surface area contributed by atoms with Crippen molar-refractivity contribution in [1.29, 1.82) is 0 Å². The highest BCUT2D eigenvalue weighted by molar-refractivity contribution is 6.01. The fourth-order valence-corrected chi connectivity index (χ4v) is 4.52. The first-order valence-electron chi connectivity index (χ1n) is 12.8. The molecule has 0 aliphatic carbocycles. The summed E-state index contributed by atoms with van der Waals surface area (Å²) in [7, 11) is 3.13. The molecule has 0 bridgehead atoms. The first-order valence-corrected chi connectivity index (χ1v) is 12.8. The minimum Gasteiger partial charge on any atom is -0.497 e. The molecule has 202 valence electrons. The van der Waals surface area contributed by atoms with Crippen molar-refractivity contribution in [2.75, 3.05) is 19.1 Å². The van der Waals surface area contributed by atoms with E-state index in [4.69, 9.17) is 9.47 Å². The van der Waals surface area contributed by atoms with Gasteiger partial charge in [-0.25, -0.2) is 4.68 Å². The molecule has 4 aromatic carbocycles. The van der Waals surface area contributed by atoms with Gasteiger partial charge in [-0.05, 0) is 47.5 Å². The third-order valence-electron chi connectivity index (χ3n) is 6.55. The van der Waals surface area contributed by atoms with E-state index in [0.717, 1.165) is 11.1 Å². The highest BCUT2D eigenvalue weighted by atomic mass is 16.5. The van der Waals surface area contributed by atoms with Crippen LogP contribution in [-0.4, -0.2) is 41.0 Å². The molecule has 5 rings (SSSR count). The molecule has 9 heteroatoms. The van der Waals surface area contributed by atoms with Crippen LogP contribution < -0.4 is 19.7 Å². The molecule has 1 heterocycles. The molecular weight excluding hydrogens is 506 g/mol. The summed E-state index contributed by atoms with van der Waals surface area (Å²) in [6.45, 7) is 0.177. The number of hydrogen-bond donors (Lipinski definition) is 1. The quantitative estimate of drug-likeness (QED) is 0.282. The summed E-state index contributed by atoms with van der Waals surface area (Å²) in [6.07, 6.45) is 0. The number of ether oxygens (including phenoxy) is 2. The predicted molar refractivity (Wildman–Crippen MR) is 152 cm³/mol. The van der Waals surface area contributed by atoms with Gasteiger partial charge in [0, 0.05) is 18.3 Å². The Morgan fingerprint density at radius 1 is 0.850 bits per heavy atom. The van der Waals surface area contributed by atoms with E-state index in [1.54, 1.807) is 62.8 Å². The Bertz CT molecular complexity index is 1600. The van der Waals surface area contributed by atoms with Crippen LogP contribution in [0.5, 0.6) is 11.5 Å². The lowest BCUT2D eigenvalue weighted by atomic mass is 10.0. The number of anilines is 1. The van der Waals surface area contributed by atoms with Gasteiger partial charge in [-0.15, -0.1) is 5.10 Å². The molecule has 0 unspecified atom stereocenters. The van der Waals surface area contributed by atoms with Crippen LogP contribution in [0.1, 0.15) is 17.2 Å². The summed E-state index contributed by atoms with van der Waals surface area (Å²) in [5.74, 6) is 0.508. The molecule has 0 fully saturated rings. The number of nitrogens with zero attached hydrogens (tertiary/aromatic N) is 4. The number of hydrogen-bond acceptors (Lipinski definition) is 6. The lowest BCUT2D eigenvalue weighted by molar-refractivity contribution is -0.127. The highest BCUT2D eigenvalue weighted by Gasteiger charge is 2.33. The first kappa shape index (κ1) is 26.4. The van der Waals surface area contributed by atoms with E-state index in [1.807, 2.05) is 54.6 Å². The number of aromatic nitrogens is 3. The number of carbonyl (C=O) groups is 2. The molecule has 0 saturated carbocycles. The predicted octanol–water partition coefficient (Wildman–Crippen LogP) is 4.54. The van der Waals surface area contributed by atoms with Crippen LogP contribution in [0, 0.1) is 0 Å². The molecule has 1 aromatic heterocycles. The van der Waals surface area contributed by atoms with Crippen molar-refractivity contribution >= 4 is 28.5 Å². The maximum atomic E-state index is 14.2. The monoisotopic (exact) mass is 535 g/mol. The van der Waals surface area contributed by atoms with Gasteiger partial charge in [0.2, 0.25) is 11.8 Å². The third kappa shape index (κ3) is 5.78. The van der Waals surface area contributed by atoms with E-state index >= 15 is 0 Å². The largest absolute Gasteiger partial charge is 0.497 e. The summed E-state index contributed by atoms with van der Waals surface area (Å²) < 4.78 is 12.3. The average Bonchev–Trinajstić information content (AvgIpc) is 3.41. The van der Waals surface area contributed by atoms with Crippen LogP contribution >= 0.6 is 0 Å². The number of carbonyl (C=O) groups excluding carboxylic acids is 2. The van der Waals surface area contributed by atoms with Gasteiger partial charge in [0.05, 0.1) is 19.7 Å². The van der Waals surface area contributed by atoms with Crippen molar-refractivity contribution < 1.29 is 19.1 Å². The van der Waals surface area contributed by atoms with Crippen LogP contribution in [0.3, 0.4) is 0 Å². The van der Waals surface area contributed by atoms with Crippen molar-refractivity contribution in [3.05, 3.63) is 114 Å². The van der Waals surface area contributed by atoms with Crippen LogP contribution in [0.15, 0.2) is 103 Å². The van der Waals surface area contributed by atoms with Gasteiger partial charge in [-0.1, -0.05) is 65.9 Å². The minimum absolute atomic E-state index is 0.129. The smallest absolute Gasteiger partial charge is 0.249 e. The van der Waals surface area contributed by atoms with Gasteiger partial charge in [0.25, 0.3) is 0 Å². The van der Waals surface area contributed by atoms with Gasteiger partial charge in [-0.3, -0.25) is 14.5 Å². The summed E-state index contributed by atoms with van der Waals surface area (Å²) in [6, 6.07) is 30.2. The van der Waals surface area contributed by atoms with E-state index in [0.29, 0.717) is 34.8 Å². The number of nitrogens with one attached hydrogen (secondary N) is 1. The number of para-hydroxylation sites is 1. The number of fused-ring (bicyclic) bond motifs is 1. The Kier molecular flexibility index (Phi) is 8.01. The van der Waals surface area contributed by atoms with Crippen LogP contribution in [0.4, 0.5) is 5.69 Å². The SMILES string of the molecule is COc1ccc([C@H](C(=O)NCc2ccccc2)N(C(=O)Cn2nnc3ccccc32)c2cccc(OC)c2)cc1. The fraction of sp³-hybridized carbons (Fsp3) is 0.161. The lowest BCUT2D eigenvalue weighted by Crippen LogP contribution is -2.45. The summed E-state index contributed by atoms with van der Waals surface area (Å²) >= 11 is 0. The maximum Gasteiger partial charge on any atom is 0.249 e. The normalized spacial score (nSPS) is 11.6. The molecule has 0 aliphatic rings. The van der Waals surface area contributed by atoms with Crippen molar-refractivity contribution in [1.82, 2.24) is 20.3 Å². The lowest BCUT2D eigenvalue weighted by Gasteiger charge is -2.32. The zero-order valence-corrected chi connectivity index (χ0v) is 22.2. The number of benzene rings is 4. The van der Waals surface area contributed by atoms with Crippen LogP contribution in [0.25, 0.3) is 11.0 Å². The standard InChI is InChI=1S/C31H29N5O4/c1-39-25-17-15-23(16-18-25)30(31(38)32-20-22-9-4-3-5-10-22)36(24-11-8-12-26(19-24)40-2)29(37)21-35-28-14-7-6-13-27(28)33-34-35/h3-19,30H,20-21H2,1-2H3,(H,32,38)/t30-/m1/s1. The number of amides is 2. The zero-order chi connectivity index (χ0) is 27.9. The second kappa shape index (κ2) is 12.1. The topological polar surface area (TPSA) is 98.6 Å². The van der Waals surface area contributed by atoms with Gasteiger partial charge in [0.15, 0.2) is 0 Å². The minimum atomic E-state index is -0.996. The Balaban J connectivity index is 1.57. The fourth-order valence-electron chi connectivity index (χ4n) is 4.52. The number of rotatable bonds is 10. The van der Waals surface area contributed by atoms with Gasteiger partial charge in [-0.2, -0.15) is 0 Å².